The number of carbonyl (C=O) groups is 1. The van der Waals surface area contributed by atoms with Gasteiger partial charge >= 0.3 is 5.97 Å². The predicted molar refractivity (Wildman–Crippen MR) is 103 cm³/mol. The van der Waals surface area contributed by atoms with E-state index < -0.39 is 5.97 Å². The van der Waals surface area contributed by atoms with Gasteiger partial charge in [-0.15, -0.1) is 0 Å². The molecule has 0 amide bonds. The van der Waals surface area contributed by atoms with E-state index in [-0.39, 0.29) is 6.61 Å². The lowest BCUT2D eigenvalue weighted by molar-refractivity contribution is -0.140. The fraction of sp³-hybridized carbons (Fsp3) is 0.842. The number of esters is 1. The van der Waals surface area contributed by atoms with Crippen LogP contribution in [0.3, 0.4) is 0 Å². The first-order chi connectivity index (χ1) is 13.7. The lowest BCUT2D eigenvalue weighted by atomic mass is 10.4. The van der Waals surface area contributed by atoms with Gasteiger partial charge in [-0.25, -0.2) is 4.79 Å². The van der Waals surface area contributed by atoms with Gasteiger partial charge in [-0.05, 0) is 6.92 Å². The summed E-state index contributed by atoms with van der Waals surface area (Å²) in [5.41, 5.74) is 0.376. The largest absolute Gasteiger partial charge is 0.460 e. The quantitative estimate of drug-likeness (QED) is 0.147. The maximum atomic E-state index is 11.1. The van der Waals surface area contributed by atoms with Gasteiger partial charge in [0.1, 0.15) is 6.61 Å². The third kappa shape index (κ3) is 21.2. The Bertz CT molecular complexity index is 363. The van der Waals surface area contributed by atoms with Gasteiger partial charge in [-0.2, -0.15) is 0 Å². The first-order valence-electron chi connectivity index (χ1n) is 9.46. The number of rotatable bonds is 22. The fourth-order valence-corrected chi connectivity index (χ4v) is 1.66. The Balaban J connectivity index is 3.05. The van der Waals surface area contributed by atoms with E-state index in [1.807, 2.05) is 0 Å². The van der Waals surface area contributed by atoms with Crippen molar-refractivity contribution in [2.24, 2.45) is 0 Å². The van der Waals surface area contributed by atoms with Crippen LogP contribution in [0.15, 0.2) is 12.2 Å². The molecule has 0 aliphatic heterocycles. The molecule has 9 heteroatoms. The van der Waals surface area contributed by atoms with E-state index in [1.165, 1.54) is 0 Å². The number of methoxy groups -OCH3 is 1. The van der Waals surface area contributed by atoms with Crippen LogP contribution in [0.4, 0.5) is 0 Å². The van der Waals surface area contributed by atoms with Crippen LogP contribution in [0.25, 0.3) is 0 Å². The second kappa shape index (κ2) is 22.2. The van der Waals surface area contributed by atoms with Crippen molar-refractivity contribution in [3.63, 3.8) is 0 Å². The zero-order valence-corrected chi connectivity index (χ0v) is 17.3. The molecule has 0 saturated heterocycles. The predicted octanol–water partition coefficient (Wildman–Crippen LogP) is 0.852. The van der Waals surface area contributed by atoms with Gasteiger partial charge in [-0.1, -0.05) is 6.58 Å². The molecular weight excluding hydrogens is 372 g/mol. The summed E-state index contributed by atoms with van der Waals surface area (Å²) in [7, 11) is 1.64. The van der Waals surface area contributed by atoms with Crippen molar-refractivity contribution in [3.05, 3.63) is 12.2 Å². The Labute approximate surface area is 168 Å². The maximum Gasteiger partial charge on any atom is 0.333 e. The Morgan fingerprint density at radius 2 is 0.857 bits per heavy atom. The summed E-state index contributed by atoms with van der Waals surface area (Å²) in [5.74, 6) is -0.406. The van der Waals surface area contributed by atoms with Crippen LogP contribution >= 0.6 is 0 Å². The van der Waals surface area contributed by atoms with Crippen LogP contribution in [0, 0.1) is 0 Å². The average molecular weight is 408 g/mol. The van der Waals surface area contributed by atoms with Crippen molar-refractivity contribution in [2.75, 3.05) is 99.6 Å². The molecule has 9 nitrogen and oxygen atoms in total. The SMILES string of the molecule is C=C(C)C(=O)OCCOCCOCCOCCOCCOCCOCCOC. The highest BCUT2D eigenvalue weighted by molar-refractivity contribution is 5.86. The molecular formula is C19H36O9. The van der Waals surface area contributed by atoms with Gasteiger partial charge in [0.2, 0.25) is 0 Å². The molecule has 0 aliphatic carbocycles. The minimum Gasteiger partial charge on any atom is -0.460 e. The van der Waals surface area contributed by atoms with Gasteiger partial charge in [-0.3, -0.25) is 0 Å². The van der Waals surface area contributed by atoms with E-state index in [4.69, 9.17) is 37.9 Å². The molecule has 0 radical (unpaired) electrons. The molecule has 0 unspecified atom stereocenters. The van der Waals surface area contributed by atoms with Gasteiger partial charge in [0.15, 0.2) is 0 Å². The Morgan fingerprint density at radius 1 is 0.571 bits per heavy atom. The van der Waals surface area contributed by atoms with E-state index in [0.29, 0.717) is 91.5 Å². The second-order valence-corrected chi connectivity index (χ2v) is 5.58. The van der Waals surface area contributed by atoms with Crippen LogP contribution < -0.4 is 0 Å². The summed E-state index contributed by atoms with van der Waals surface area (Å²) in [4.78, 5) is 11.1. The summed E-state index contributed by atoms with van der Waals surface area (Å²) >= 11 is 0. The lowest BCUT2D eigenvalue weighted by Gasteiger charge is -2.08. The summed E-state index contributed by atoms with van der Waals surface area (Å²) < 4.78 is 41.8. The highest BCUT2D eigenvalue weighted by Gasteiger charge is 2.01. The van der Waals surface area contributed by atoms with Gasteiger partial charge in [0, 0.05) is 12.7 Å². The molecule has 0 fully saturated rings. The third-order valence-corrected chi connectivity index (χ3v) is 3.10. The smallest absolute Gasteiger partial charge is 0.333 e. The van der Waals surface area contributed by atoms with Crippen LogP contribution in [-0.2, 0) is 42.7 Å². The summed E-state index contributed by atoms with van der Waals surface area (Å²) in [6.07, 6.45) is 0. The Kier molecular flexibility index (Phi) is 21.4. The molecule has 28 heavy (non-hydrogen) atoms. The summed E-state index contributed by atoms with van der Waals surface area (Å²) in [5, 5.41) is 0. The van der Waals surface area contributed by atoms with Crippen molar-refractivity contribution in [1.82, 2.24) is 0 Å². The monoisotopic (exact) mass is 408 g/mol. The van der Waals surface area contributed by atoms with Crippen LogP contribution in [-0.4, -0.2) is 106 Å². The fourth-order valence-electron chi connectivity index (χ4n) is 1.66. The number of ether oxygens (including phenoxy) is 8. The lowest BCUT2D eigenvalue weighted by Crippen LogP contribution is -2.15. The molecule has 0 atom stereocenters. The van der Waals surface area contributed by atoms with Crippen LogP contribution in [0.1, 0.15) is 6.92 Å². The van der Waals surface area contributed by atoms with Crippen molar-refractivity contribution in [1.29, 1.82) is 0 Å². The van der Waals surface area contributed by atoms with E-state index >= 15 is 0 Å². The summed E-state index contributed by atoms with van der Waals surface area (Å²) in [6, 6.07) is 0. The minimum absolute atomic E-state index is 0.210. The van der Waals surface area contributed by atoms with Crippen molar-refractivity contribution >= 4 is 5.97 Å². The minimum atomic E-state index is -0.406. The van der Waals surface area contributed by atoms with Crippen molar-refractivity contribution < 1.29 is 42.7 Å². The zero-order chi connectivity index (χ0) is 20.7. The third-order valence-electron chi connectivity index (χ3n) is 3.10. The number of hydrogen-bond donors (Lipinski definition) is 0. The number of hydrogen-bond acceptors (Lipinski definition) is 9. The van der Waals surface area contributed by atoms with Crippen molar-refractivity contribution in [3.8, 4) is 0 Å². The maximum absolute atomic E-state index is 11.1. The first-order valence-corrected chi connectivity index (χ1v) is 9.46. The molecule has 0 aromatic carbocycles. The molecule has 0 aliphatic rings. The van der Waals surface area contributed by atoms with Crippen LogP contribution in [0.2, 0.25) is 0 Å². The number of carbonyl (C=O) groups excluding carboxylic acids is 1. The van der Waals surface area contributed by atoms with Gasteiger partial charge in [0.25, 0.3) is 0 Å². The highest BCUT2D eigenvalue weighted by atomic mass is 16.6. The molecule has 0 saturated carbocycles. The molecule has 0 bridgehead atoms. The normalized spacial score (nSPS) is 10.9. The molecule has 0 aromatic rings. The Morgan fingerprint density at radius 3 is 1.14 bits per heavy atom. The highest BCUT2D eigenvalue weighted by Crippen LogP contribution is 1.91. The van der Waals surface area contributed by atoms with E-state index in [9.17, 15) is 4.79 Å². The first kappa shape index (κ1) is 26.9. The van der Waals surface area contributed by atoms with Gasteiger partial charge < -0.3 is 37.9 Å². The molecule has 0 heterocycles. The molecule has 0 N–H and O–H groups in total. The van der Waals surface area contributed by atoms with Crippen molar-refractivity contribution in [2.45, 2.75) is 6.92 Å². The Hall–Kier alpha value is -1.07. The van der Waals surface area contributed by atoms with E-state index in [0.717, 1.165) is 0 Å². The topological polar surface area (TPSA) is 90.9 Å². The van der Waals surface area contributed by atoms with E-state index in [2.05, 4.69) is 6.58 Å². The molecule has 0 aromatic heterocycles. The second-order valence-electron chi connectivity index (χ2n) is 5.58. The zero-order valence-electron chi connectivity index (χ0n) is 17.3. The molecule has 166 valence electrons. The molecule has 0 rings (SSSR count). The van der Waals surface area contributed by atoms with Gasteiger partial charge in [0.05, 0.1) is 85.9 Å². The molecule has 0 spiro atoms. The average Bonchev–Trinajstić information content (AvgIpc) is 2.68. The van der Waals surface area contributed by atoms with E-state index in [1.54, 1.807) is 14.0 Å². The van der Waals surface area contributed by atoms with Crippen LogP contribution in [0.5, 0.6) is 0 Å². The standard InChI is InChI=1S/C19H36O9/c1-18(2)19(20)28-17-16-27-15-14-26-13-12-25-11-10-24-9-8-23-7-6-22-5-4-21-3/h1,4-17H2,2-3H3. The summed E-state index contributed by atoms with van der Waals surface area (Å²) in [6.45, 7) is 11.9.